The average molecular weight is 630 g/mol. The second-order valence-electron chi connectivity index (χ2n) is 12.2. The van der Waals surface area contributed by atoms with Crippen molar-refractivity contribution in [2.75, 3.05) is 0 Å². The van der Waals surface area contributed by atoms with Crippen molar-refractivity contribution in [1.29, 1.82) is 0 Å². The monoisotopic (exact) mass is 629 g/mol. The van der Waals surface area contributed by atoms with E-state index in [-0.39, 0.29) is 0 Å². The van der Waals surface area contributed by atoms with E-state index in [1.54, 1.807) is 0 Å². The number of para-hydroxylation sites is 2. The van der Waals surface area contributed by atoms with Gasteiger partial charge in [-0.1, -0.05) is 121 Å². The van der Waals surface area contributed by atoms with Gasteiger partial charge in [0.25, 0.3) is 0 Å². The molecule has 0 amide bonds. The summed E-state index contributed by atoms with van der Waals surface area (Å²) in [6.07, 6.45) is 0. The number of aromatic nitrogens is 3. The van der Waals surface area contributed by atoms with Gasteiger partial charge in [-0.3, -0.25) is 4.57 Å². The lowest BCUT2D eigenvalue weighted by Gasteiger charge is -2.12. The highest BCUT2D eigenvalue weighted by Crippen LogP contribution is 2.39. The Hall–Kier alpha value is -6.10. The zero-order valence-corrected chi connectivity index (χ0v) is 26.7. The van der Waals surface area contributed by atoms with E-state index >= 15 is 0 Å². The largest absolute Gasteiger partial charge is 0.278 e. The number of thiophene rings is 1. The molecule has 3 heterocycles. The lowest BCUT2D eigenvalue weighted by atomic mass is 10.0. The van der Waals surface area contributed by atoms with Gasteiger partial charge in [-0.2, -0.15) is 0 Å². The van der Waals surface area contributed by atoms with Gasteiger partial charge in [0.2, 0.25) is 5.95 Å². The summed E-state index contributed by atoms with van der Waals surface area (Å²) < 4.78 is 4.86. The summed E-state index contributed by atoms with van der Waals surface area (Å²) in [6, 6.07) is 58.4. The van der Waals surface area contributed by atoms with Crippen molar-refractivity contribution in [3.8, 4) is 39.5 Å². The van der Waals surface area contributed by atoms with Crippen LogP contribution in [-0.4, -0.2) is 14.5 Å². The molecule has 7 aromatic carbocycles. The minimum absolute atomic E-state index is 0.668. The Balaban J connectivity index is 1.15. The lowest BCUT2D eigenvalue weighted by Crippen LogP contribution is -2.03. The quantitative estimate of drug-likeness (QED) is 0.194. The molecule has 3 nitrogen and oxygen atoms in total. The van der Waals surface area contributed by atoms with E-state index in [4.69, 9.17) is 9.97 Å². The van der Waals surface area contributed by atoms with Crippen molar-refractivity contribution < 1.29 is 0 Å². The number of benzene rings is 7. The molecule has 0 N–H and O–H groups in total. The van der Waals surface area contributed by atoms with Crippen LogP contribution in [0, 0.1) is 0 Å². The van der Waals surface area contributed by atoms with E-state index in [9.17, 15) is 0 Å². The Labute approximate surface area is 281 Å². The Bertz CT molecular complexity index is 2830. The first-order valence-electron chi connectivity index (χ1n) is 16.2. The summed E-state index contributed by atoms with van der Waals surface area (Å²) in [4.78, 5) is 10.5. The molecule has 0 unspecified atom stereocenters. The summed E-state index contributed by atoms with van der Waals surface area (Å²) in [5.41, 5.74) is 9.88. The molecule has 0 spiro atoms. The van der Waals surface area contributed by atoms with Gasteiger partial charge in [-0.05, 0) is 64.7 Å². The molecule has 0 aliphatic carbocycles. The van der Waals surface area contributed by atoms with Crippen LogP contribution in [-0.2, 0) is 0 Å². The van der Waals surface area contributed by atoms with Crippen molar-refractivity contribution in [1.82, 2.24) is 14.5 Å². The molecule has 4 heteroatoms. The number of hydrogen-bond donors (Lipinski definition) is 0. The van der Waals surface area contributed by atoms with E-state index in [0.29, 0.717) is 5.95 Å². The minimum atomic E-state index is 0.668. The van der Waals surface area contributed by atoms with Crippen LogP contribution in [0.2, 0.25) is 0 Å². The molecule has 0 aliphatic heterocycles. The third kappa shape index (κ3) is 4.27. The van der Waals surface area contributed by atoms with Crippen LogP contribution in [0.4, 0.5) is 0 Å². The Morgan fingerprint density at radius 1 is 0.375 bits per heavy atom. The maximum Gasteiger partial charge on any atom is 0.235 e. The standard InChI is InChI=1S/C44H27N3S/c1-2-10-28(11-3-1)29-18-20-30(21-19-29)43-35-14-4-7-15-38(35)45-44(46-43)47-39-16-8-5-12-33(39)36-26-31(22-24-40(36)47)32-23-25-42-37(27-32)34-13-6-9-17-41(34)48-42/h1-27H. The minimum Gasteiger partial charge on any atom is -0.278 e. The van der Waals surface area contributed by atoms with Crippen molar-refractivity contribution in [3.63, 3.8) is 0 Å². The van der Waals surface area contributed by atoms with Gasteiger partial charge in [-0.25, -0.2) is 9.97 Å². The second-order valence-corrected chi connectivity index (χ2v) is 13.3. The fourth-order valence-electron chi connectivity index (χ4n) is 7.11. The topological polar surface area (TPSA) is 30.7 Å². The van der Waals surface area contributed by atoms with Gasteiger partial charge in [0.1, 0.15) is 0 Å². The van der Waals surface area contributed by atoms with Gasteiger partial charge in [0.15, 0.2) is 0 Å². The van der Waals surface area contributed by atoms with Gasteiger partial charge in [0.05, 0.1) is 22.2 Å². The molecule has 10 aromatic rings. The summed E-state index contributed by atoms with van der Waals surface area (Å²) in [6.45, 7) is 0. The number of fused-ring (bicyclic) bond motifs is 7. The predicted molar refractivity (Wildman–Crippen MR) is 203 cm³/mol. The number of rotatable bonds is 4. The van der Waals surface area contributed by atoms with Crippen molar-refractivity contribution in [2.45, 2.75) is 0 Å². The molecular weight excluding hydrogens is 603 g/mol. The molecular formula is C44H27N3S. The third-order valence-corrected chi connectivity index (χ3v) is 10.6. The summed E-state index contributed by atoms with van der Waals surface area (Å²) in [5, 5.41) is 6.03. The Morgan fingerprint density at radius 3 is 1.81 bits per heavy atom. The highest BCUT2D eigenvalue weighted by molar-refractivity contribution is 7.25. The van der Waals surface area contributed by atoms with Gasteiger partial charge in [0, 0.05) is 41.9 Å². The molecule has 0 bridgehead atoms. The second kappa shape index (κ2) is 10.7. The molecule has 10 rings (SSSR count). The first-order valence-corrected chi connectivity index (χ1v) is 17.0. The first-order chi connectivity index (χ1) is 23.8. The smallest absolute Gasteiger partial charge is 0.235 e. The van der Waals surface area contributed by atoms with Crippen molar-refractivity contribution in [2.24, 2.45) is 0 Å². The highest BCUT2D eigenvalue weighted by Gasteiger charge is 2.18. The van der Waals surface area contributed by atoms with Gasteiger partial charge >= 0.3 is 0 Å². The maximum absolute atomic E-state index is 5.31. The van der Waals surface area contributed by atoms with Crippen LogP contribution in [0.3, 0.4) is 0 Å². The van der Waals surface area contributed by atoms with E-state index < -0.39 is 0 Å². The van der Waals surface area contributed by atoms with E-state index in [1.807, 2.05) is 23.5 Å². The van der Waals surface area contributed by atoms with Gasteiger partial charge in [-0.15, -0.1) is 11.3 Å². The zero-order valence-electron chi connectivity index (χ0n) is 25.8. The van der Waals surface area contributed by atoms with E-state index in [0.717, 1.165) is 33.2 Å². The number of hydrogen-bond acceptors (Lipinski definition) is 3. The molecule has 0 atom stereocenters. The lowest BCUT2D eigenvalue weighted by molar-refractivity contribution is 1.01. The maximum atomic E-state index is 5.31. The van der Waals surface area contributed by atoms with Crippen LogP contribution in [0.5, 0.6) is 0 Å². The fraction of sp³-hybridized carbons (Fsp3) is 0. The molecule has 0 radical (unpaired) electrons. The molecule has 3 aromatic heterocycles. The van der Waals surface area contributed by atoms with Crippen molar-refractivity contribution >= 4 is 64.2 Å². The van der Waals surface area contributed by atoms with Crippen LogP contribution >= 0.6 is 11.3 Å². The summed E-state index contributed by atoms with van der Waals surface area (Å²) in [5.74, 6) is 0.668. The van der Waals surface area contributed by atoms with Crippen molar-refractivity contribution in [3.05, 3.63) is 164 Å². The van der Waals surface area contributed by atoms with E-state index in [2.05, 4.69) is 156 Å². The Morgan fingerprint density at radius 2 is 0.958 bits per heavy atom. The molecule has 48 heavy (non-hydrogen) atoms. The van der Waals surface area contributed by atoms with Crippen LogP contribution in [0.15, 0.2) is 164 Å². The molecule has 224 valence electrons. The molecule has 0 fully saturated rings. The fourth-order valence-corrected chi connectivity index (χ4v) is 8.20. The predicted octanol–water partition coefficient (Wildman–Crippen LogP) is 12.1. The normalized spacial score (nSPS) is 11.8. The molecule has 0 saturated carbocycles. The van der Waals surface area contributed by atoms with Crippen LogP contribution in [0.1, 0.15) is 0 Å². The SMILES string of the molecule is c1ccc(-c2ccc(-c3nc(-n4c5ccccc5c5cc(-c6ccc7sc8ccccc8c7c6)ccc54)nc4ccccc34)cc2)cc1. The summed E-state index contributed by atoms with van der Waals surface area (Å²) in [7, 11) is 0. The van der Waals surface area contributed by atoms with Crippen LogP contribution < -0.4 is 0 Å². The van der Waals surface area contributed by atoms with Crippen LogP contribution in [0.25, 0.3) is 92.3 Å². The summed E-state index contributed by atoms with van der Waals surface area (Å²) >= 11 is 1.85. The molecule has 0 aliphatic rings. The third-order valence-electron chi connectivity index (χ3n) is 9.44. The first kappa shape index (κ1) is 27.1. The highest BCUT2D eigenvalue weighted by atomic mass is 32.1. The van der Waals surface area contributed by atoms with E-state index in [1.165, 1.54) is 53.2 Å². The average Bonchev–Trinajstić information content (AvgIpc) is 3.70. The molecule has 0 saturated heterocycles. The zero-order chi connectivity index (χ0) is 31.6. The number of nitrogens with zero attached hydrogens (tertiary/aromatic N) is 3. The Kier molecular flexibility index (Phi) is 6.05. The van der Waals surface area contributed by atoms with Gasteiger partial charge < -0.3 is 0 Å².